The number of para-hydroxylation sites is 1. The number of hydrogen-bond acceptors (Lipinski definition) is 4. The van der Waals surface area contributed by atoms with Gasteiger partial charge in [0.25, 0.3) is 5.56 Å². The molecule has 1 amide bonds. The quantitative estimate of drug-likeness (QED) is 0.866. The van der Waals surface area contributed by atoms with Gasteiger partial charge in [0.15, 0.2) is 0 Å². The number of carbonyl (C=O) groups is 1. The summed E-state index contributed by atoms with van der Waals surface area (Å²) in [6.45, 7) is 5.98. The summed E-state index contributed by atoms with van der Waals surface area (Å²) in [5.41, 5.74) is 0.617. The van der Waals surface area contributed by atoms with Gasteiger partial charge >= 0.3 is 0 Å². The summed E-state index contributed by atoms with van der Waals surface area (Å²) in [5, 5.41) is 6.94. The number of halogens is 1. The molecule has 2 aromatic rings. The van der Waals surface area contributed by atoms with Gasteiger partial charge in [0.2, 0.25) is 5.91 Å². The van der Waals surface area contributed by atoms with E-state index in [1.165, 1.54) is 10.9 Å². The van der Waals surface area contributed by atoms with Crippen molar-refractivity contribution in [3.63, 3.8) is 0 Å². The summed E-state index contributed by atoms with van der Waals surface area (Å²) in [7, 11) is 0. The monoisotopic (exact) mass is 364 g/mol. The second-order valence-corrected chi connectivity index (χ2v) is 7.10. The summed E-state index contributed by atoms with van der Waals surface area (Å²) in [6.07, 6.45) is 3.75. The second kappa shape index (κ2) is 7.97. The van der Waals surface area contributed by atoms with Crippen LogP contribution in [0.25, 0.3) is 10.9 Å². The van der Waals surface area contributed by atoms with Crippen molar-refractivity contribution in [2.45, 2.75) is 39.3 Å². The van der Waals surface area contributed by atoms with Crippen LogP contribution in [0.4, 0.5) is 0 Å². The van der Waals surface area contributed by atoms with E-state index in [0.717, 1.165) is 19.4 Å². The standard InChI is InChI=1S/C18H24N4O2.ClH/c1-18(2)8-5-9-19-15(18)10-20-16(23)11-22-12-21-14-7-4-3-6-13(14)17(22)24;/h3-4,6-7,12,15,19H,5,8-11H2,1-2H3,(H,20,23);1H. The number of nitrogens with one attached hydrogen (secondary N) is 2. The van der Waals surface area contributed by atoms with E-state index in [-0.39, 0.29) is 41.9 Å². The first kappa shape index (κ1) is 19.4. The zero-order valence-corrected chi connectivity index (χ0v) is 15.4. The van der Waals surface area contributed by atoms with Gasteiger partial charge in [-0.25, -0.2) is 4.98 Å². The predicted molar refractivity (Wildman–Crippen MR) is 101 cm³/mol. The van der Waals surface area contributed by atoms with Crippen LogP contribution < -0.4 is 16.2 Å². The lowest BCUT2D eigenvalue weighted by Gasteiger charge is -2.39. The summed E-state index contributed by atoms with van der Waals surface area (Å²) in [4.78, 5) is 28.9. The molecule has 0 radical (unpaired) electrons. The van der Waals surface area contributed by atoms with Crippen LogP contribution in [0.15, 0.2) is 35.4 Å². The number of fused-ring (bicyclic) bond motifs is 1. The van der Waals surface area contributed by atoms with Crippen molar-refractivity contribution in [1.29, 1.82) is 0 Å². The van der Waals surface area contributed by atoms with E-state index < -0.39 is 0 Å². The van der Waals surface area contributed by atoms with Crippen LogP contribution in [-0.2, 0) is 11.3 Å². The number of aromatic nitrogens is 2. The van der Waals surface area contributed by atoms with Crippen molar-refractivity contribution in [1.82, 2.24) is 20.2 Å². The van der Waals surface area contributed by atoms with Crippen LogP contribution in [0.2, 0.25) is 0 Å². The minimum atomic E-state index is -0.188. The molecule has 0 aliphatic carbocycles. The summed E-state index contributed by atoms with van der Waals surface area (Å²) < 4.78 is 1.36. The zero-order chi connectivity index (χ0) is 17.2. The number of benzene rings is 1. The highest BCUT2D eigenvalue weighted by molar-refractivity contribution is 5.85. The van der Waals surface area contributed by atoms with Crippen molar-refractivity contribution >= 4 is 29.2 Å². The second-order valence-electron chi connectivity index (χ2n) is 7.10. The number of rotatable bonds is 4. The summed E-state index contributed by atoms with van der Waals surface area (Å²) in [6, 6.07) is 7.41. The van der Waals surface area contributed by atoms with Gasteiger partial charge in [0, 0.05) is 12.6 Å². The maximum absolute atomic E-state index is 12.4. The molecule has 3 rings (SSSR count). The van der Waals surface area contributed by atoms with Gasteiger partial charge in [-0.2, -0.15) is 0 Å². The maximum Gasteiger partial charge on any atom is 0.261 e. The molecule has 2 heterocycles. The van der Waals surface area contributed by atoms with E-state index in [2.05, 4.69) is 29.5 Å². The summed E-state index contributed by atoms with van der Waals surface area (Å²) >= 11 is 0. The van der Waals surface area contributed by atoms with Gasteiger partial charge in [-0.15, -0.1) is 12.4 Å². The third-order valence-corrected chi connectivity index (χ3v) is 4.88. The van der Waals surface area contributed by atoms with E-state index in [1.807, 2.05) is 6.07 Å². The first-order valence-corrected chi connectivity index (χ1v) is 8.42. The minimum absolute atomic E-state index is 0. The molecule has 1 saturated heterocycles. The molecule has 1 unspecified atom stereocenters. The van der Waals surface area contributed by atoms with Gasteiger partial charge in [-0.1, -0.05) is 26.0 Å². The van der Waals surface area contributed by atoms with E-state index in [1.54, 1.807) is 18.2 Å². The molecule has 1 fully saturated rings. The smallest absolute Gasteiger partial charge is 0.261 e. The molecule has 1 aromatic carbocycles. The normalized spacial score (nSPS) is 19.2. The fraction of sp³-hybridized carbons (Fsp3) is 0.500. The molecule has 2 N–H and O–H groups in total. The van der Waals surface area contributed by atoms with Gasteiger partial charge in [-0.3, -0.25) is 14.2 Å². The van der Waals surface area contributed by atoms with Crippen LogP contribution >= 0.6 is 12.4 Å². The van der Waals surface area contributed by atoms with Crippen molar-refractivity contribution in [3.8, 4) is 0 Å². The van der Waals surface area contributed by atoms with Crippen LogP contribution in [0.5, 0.6) is 0 Å². The van der Waals surface area contributed by atoms with E-state index in [9.17, 15) is 9.59 Å². The number of carbonyl (C=O) groups excluding carboxylic acids is 1. The van der Waals surface area contributed by atoms with E-state index in [0.29, 0.717) is 17.4 Å². The molecule has 0 bridgehead atoms. The molecule has 1 aliphatic rings. The predicted octanol–water partition coefficient (Wildman–Crippen LogP) is 1.71. The molecule has 1 aromatic heterocycles. The highest BCUT2D eigenvalue weighted by atomic mass is 35.5. The lowest BCUT2D eigenvalue weighted by atomic mass is 9.77. The fourth-order valence-electron chi connectivity index (χ4n) is 3.26. The third-order valence-electron chi connectivity index (χ3n) is 4.88. The minimum Gasteiger partial charge on any atom is -0.353 e. The zero-order valence-electron chi connectivity index (χ0n) is 14.6. The molecule has 25 heavy (non-hydrogen) atoms. The Morgan fingerprint density at radius 2 is 2.16 bits per heavy atom. The third kappa shape index (κ3) is 4.38. The lowest BCUT2D eigenvalue weighted by molar-refractivity contribution is -0.122. The van der Waals surface area contributed by atoms with Crippen molar-refractivity contribution in [2.75, 3.05) is 13.1 Å². The van der Waals surface area contributed by atoms with Gasteiger partial charge in [0.1, 0.15) is 6.54 Å². The molecule has 7 heteroatoms. The van der Waals surface area contributed by atoms with Crippen LogP contribution in [-0.4, -0.2) is 34.6 Å². The van der Waals surface area contributed by atoms with Crippen LogP contribution in [0.1, 0.15) is 26.7 Å². The van der Waals surface area contributed by atoms with Gasteiger partial charge in [-0.05, 0) is 36.9 Å². The van der Waals surface area contributed by atoms with Crippen LogP contribution in [0, 0.1) is 5.41 Å². The first-order chi connectivity index (χ1) is 11.5. The molecule has 0 spiro atoms. The Morgan fingerprint density at radius 1 is 1.40 bits per heavy atom. The topological polar surface area (TPSA) is 76.0 Å². The molecular weight excluding hydrogens is 340 g/mol. The average Bonchev–Trinajstić information content (AvgIpc) is 2.56. The highest BCUT2D eigenvalue weighted by Crippen LogP contribution is 2.29. The Balaban J connectivity index is 0.00000225. The lowest BCUT2D eigenvalue weighted by Crippen LogP contribution is -2.53. The van der Waals surface area contributed by atoms with Crippen LogP contribution in [0.3, 0.4) is 0 Å². The van der Waals surface area contributed by atoms with Crippen molar-refractivity contribution < 1.29 is 4.79 Å². The summed E-state index contributed by atoms with van der Waals surface area (Å²) in [5.74, 6) is -0.169. The highest BCUT2D eigenvalue weighted by Gasteiger charge is 2.31. The fourth-order valence-corrected chi connectivity index (χ4v) is 3.26. The van der Waals surface area contributed by atoms with E-state index >= 15 is 0 Å². The van der Waals surface area contributed by atoms with Crippen molar-refractivity contribution in [3.05, 3.63) is 40.9 Å². The van der Waals surface area contributed by atoms with Gasteiger partial charge < -0.3 is 10.6 Å². The largest absolute Gasteiger partial charge is 0.353 e. The Labute approximate surface area is 153 Å². The van der Waals surface area contributed by atoms with Gasteiger partial charge in [0.05, 0.1) is 17.2 Å². The Morgan fingerprint density at radius 3 is 2.92 bits per heavy atom. The number of hydrogen-bond donors (Lipinski definition) is 2. The Kier molecular flexibility index (Phi) is 6.19. The molecule has 1 atom stereocenters. The molecule has 0 saturated carbocycles. The first-order valence-electron chi connectivity index (χ1n) is 8.42. The number of amides is 1. The van der Waals surface area contributed by atoms with E-state index in [4.69, 9.17) is 0 Å². The molecule has 1 aliphatic heterocycles. The molecule has 6 nitrogen and oxygen atoms in total. The number of piperidine rings is 1. The Hall–Kier alpha value is -1.92. The van der Waals surface area contributed by atoms with Crippen molar-refractivity contribution in [2.24, 2.45) is 5.41 Å². The maximum atomic E-state index is 12.4. The number of nitrogens with zero attached hydrogens (tertiary/aromatic N) is 2. The average molecular weight is 365 g/mol. The SMILES string of the molecule is CC1(C)CCCNC1CNC(=O)Cn1cnc2ccccc2c1=O.Cl. The molecule has 136 valence electrons. The Bertz CT molecular complexity index is 803. The molecular formula is C18H25ClN4O2.